The summed E-state index contributed by atoms with van der Waals surface area (Å²) in [5.74, 6) is -0.0495. The molecular weight excluding hydrogens is 460 g/mol. The first-order valence-electron chi connectivity index (χ1n) is 12.1. The van der Waals surface area contributed by atoms with Gasteiger partial charge in [-0.25, -0.2) is 5.43 Å². The minimum atomic E-state index is -0.275. The highest BCUT2D eigenvalue weighted by Gasteiger charge is 2.12. The topological polar surface area (TPSA) is 71.5 Å². The first-order valence-corrected chi connectivity index (χ1v) is 12.1. The van der Waals surface area contributed by atoms with Crippen LogP contribution in [0.5, 0.6) is 5.75 Å². The lowest BCUT2D eigenvalue weighted by molar-refractivity contribution is 0.0955. The number of aromatic nitrogens is 2. The number of hydrogen-bond donors (Lipinski definition) is 2. The zero-order valence-corrected chi connectivity index (χ0v) is 21.0. The summed E-state index contributed by atoms with van der Waals surface area (Å²) >= 11 is 0. The van der Waals surface area contributed by atoms with Crippen LogP contribution < -0.4 is 5.43 Å². The van der Waals surface area contributed by atoms with E-state index in [2.05, 4.69) is 50.9 Å². The Bertz CT molecular complexity index is 1580. The zero-order chi connectivity index (χ0) is 25.9. The maximum absolute atomic E-state index is 12.7. The van der Waals surface area contributed by atoms with Gasteiger partial charge in [0.05, 0.1) is 11.9 Å². The Hall–Kier alpha value is -4.84. The van der Waals surface area contributed by atoms with Crippen molar-refractivity contribution in [3.63, 3.8) is 0 Å². The number of phenolic OH excluding ortho intramolecular Hbond substituents is 1. The Labute approximate surface area is 216 Å². The number of aryl methyl sites for hydroxylation is 2. The summed E-state index contributed by atoms with van der Waals surface area (Å²) in [5, 5.41) is 13.8. The van der Waals surface area contributed by atoms with Gasteiger partial charge >= 0.3 is 0 Å². The average Bonchev–Trinajstić information content (AvgIpc) is 3.43. The lowest BCUT2D eigenvalue weighted by atomic mass is 10.1. The molecule has 2 aromatic heterocycles. The molecule has 0 radical (unpaired) electrons. The van der Waals surface area contributed by atoms with Crippen molar-refractivity contribution in [3.8, 4) is 28.4 Å². The van der Waals surface area contributed by atoms with Gasteiger partial charge in [-0.05, 0) is 93.1 Å². The van der Waals surface area contributed by atoms with Crippen LogP contribution in [0.15, 0.2) is 102 Å². The van der Waals surface area contributed by atoms with Crippen molar-refractivity contribution < 1.29 is 9.90 Å². The summed E-state index contributed by atoms with van der Waals surface area (Å²) in [5.41, 5.74) is 11.4. The van der Waals surface area contributed by atoms with Crippen LogP contribution in [-0.4, -0.2) is 26.4 Å². The SMILES string of the molecule is Cc1ccc(-c2ccccc2)n1-c1ccc(C(=O)N/N=C/c2cc(C)n(-c3ccc(O)cc3)c2C)cc1. The van der Waals surface area contributed by atoms with Crippen LogP contribution >= 0.6 is 0 Å². The number of benzene rings is 3. The summed E-state index contributed by atoms with van der Waals surface area (Å²) in [6.45, 7) is 6.07. The Morgan fingerprint density at radius 1 is 0.784 bits per heavy atom. The lowest BCUT2D eigenvalue weighted by Crippen LogP contribution is -2.17. The van der Waals surface area contributed by atoms with Gasteiger partial charge in [0.2, 0.25) is 0 Å². The molecule has 0 aliphatic carbocycles. The van der Waals surface area contributed by atoms with Crippen molar-refractivity contribution in [2.75, 3.05) is 0 Å². The minimum Gasteiger partial charge on any atom is -0.508 e. The van der Waals surface area contributed by atoms with E-state index in [9.17, 15) is 9.90 Å². The molecule has 0 fully saturated rings. The zero-order valence-electron chi connectivity index (χ0n) is 21.0. The van der Waals surface area contributed by atoms with Crippen molar-refractivity contribution in [1.29, 1.82) is 0 Å². The second-order valence-corrected chi connectivity index (χ2v) is 8.99. The monoisotopic (exact) mass is 488 g/mol. The van der Waals surface area contributed by atoms with E-state index in [1.807, 2.05) is 74.5 Å². The normalized spacial score (nSPS) is 11.2. The van der Waals surface area contributed by atoms with Gasteiger partial charge in [0.15, 0.2) is 0 Å². The van der Waals surface area contributed by atoms with E-state index in [-0.39, 0.29) is 11.7 Å². The van der Waals surface area contributed by atoms with Gasteiger partial charge < -0.3 is 14.2 Å². The van der Waals surface area contributed by atoms with E-state index >= 15 is 0 Å². The number of rotatable bonds is 6. The largest absolute Gasteiger partial charge is 0.508 e. The fourth-order valence-corrected chi connectivity index (χ4v) is 4.62. The van der Waals surface area contributed by atoms with Gasteiger partial charge in [-0.3, -0.25) is 4.79 Å². The first kappa shape index (κ1) is 23.9. The molecule has 6 heteroatoms. The Balaban J connectivity index is 1.31. The standard InChI is InChI=1S/C31H28N4O2/c1-21-9-18-30(24-7-5-4-6-8-24)35(21)28-12-10-25(11-13-28)31(37)33-32-20-26-19-22(2)34(23(26)3)27-14-16-29(36)17-15-27/h4-20,36H,1-3H3,(H,33,37)/b32-20+. The number of aromatic hydroxyl groups is 1. The van der Waals surface area contributed by atoms with Crippen LogP contribution in [0.1, 0.15) is 33.0 Å². The molecule has 0 saturated heterocycles. The van der Waals surface area contributed by atoms with Crippen LogP contribution in [0.2, 0.25) is 0 Å². The first-order chi connectivity index (χ1) is 17.9. The molecule has 5 aromatic rings. The fourth-order valence-electron chi connectivity index (χ4n) is 4.62. The maximum atomic E-state index is 12.7. The minimum absolute atomic E-state index is 0.226. The third-order valence-corrected chi connectivity index (χ3v) is 6.48. The molecule has 5 rings (SSSR count). The van der Waals surface area contributed by atoms with Gasteiger partial charge in [0.25, 0.3) is 5.91 Å². The van der Waals surface area contributed by atoms with Crippen molar-refractivity contribution in [1.82, 2.24) is 14.6 Å². The van der Waals surface area contributed by atoms with E-state index in [1.54, 1.807) is 18.3 Å². The number of hydrogen-bond acceptors (Lipinski definition) is 3. The van der Waals surface area contributed by atoms with Crippen LogP contribution in [0.3, 0.4) is 0 Å². The van der Waals surface area contributed by atoms with E-state index in [0.29, 0.717) is 5.56 Å². The molecule has 0 aliphatic rings. The van der Waals surface area contributed by atoms with E-state index < -0.39 is 0 Å². The molecule has 184 valence electrons. The number of nitrogens with one attached hydrogen (secondary N) is 1. The van der Waals surface area contributed by atoms with E-state index in [4.69, 9.17) is 0 Å². The lowest BCUT2D eigenvalue weighted by Gasteiger charge is -2.12. The van der Waals surface area contributed by atoms with Crippen LogP contribution in [0.25, 0.3) is 22.6 Å². The van der Waals surface area contributed by atoms with Crippen LogP contribution in [0, 0.1) is 20.8 Å². The molecule has 2 N–H and O–H groups in total. The molecule has 0 atom stereocenters. The summed E-state index contributed by atoms with van der Waals surface area (Å²) in [6, 6.07) is 31.0. The summed E-state index contributed by atoms with van der Waals surface area (Å²) < 4.78 is 4.26. The predicted octanol–water partition coefficient (Wildman–Crippen LogP) is 6.33. The third kappa shape index (κ3) is 4.82. The number of hydrazone groups is 1. The van der Waals surface area contributed by atoms with Crippen molar-refractivity contribution in [2.24, 2.45) is 5.10 Å². The number of amides is 1. The molecule has 0 bridgehead atoms. The highest BCUT2D eigenvalue weighted by molar-refractivity contribution is 5.95. The van der Waals surface area contributed by atoms with Crippen LogP contribution in [0.4, 0.5) is 0 Å². The predicted molar refractivity (Wildman–Crippen MR) is 148 cm³/mol. The Morgan fingerprint density at radius 2 is 1.43 bits per heavy atom. The van der Waals surface area contributed by atoms with Crippen molar-refractivity contribution in [2.45, 2.75) is 20.8 Å². The van der Waals surface area contributed by atoms with Gasteiger partial charge in [-0.1, -0.05) is 30.3 Å². The van der Waals surface area contributed by atoms with Crippen LogP contribution in [-0.2, 0) is 0 Å². The number of carbonyl (C=O) groups is 1. The van der Waals surface area contributed by atoms with Gasteiger partial charge in [0.1, 0.15) is 5.75 Å². The molecule has 37 heavy (non-hydrogen) atoms. The third-order valence-electron chi connectivity index (χ3n) is 6.48. The Kier molecular flexibility index (Phi) is 6.47. The van der Waals surface area contributed by atoms with Gasteiger partial charge in [0, 0.05) is 39.6 Å². The molecule has 0 unspecified atom stereocenters. The molecule has 0 spiro atoms. The number of carbonyl (C=O) groups excluding carboxylic acids is 1. The molecular formula is C31H28N4O2. The molecule has 0 aliphatic heterocycles. The van der Waals surface area contributed by atoms with Crippen molar-refractivity contribution in [3.05, 3.63) is 125 Å². The van der Waals surface area contributed by atoms with E-state index in [1.165, 1.54) is 0 Å². The second kappa shape index (κ2) is 10.0. The Morgan fingerprint density at radius 3 is 2.14 bits per heavy atom. The quantitative estimate of drug-likeness (QED) is 0.217. The number of nitrogens with zero attached hydrogens (tertiary/aromatic N) is 3. The molecule has 2 heterocycles. The number of phenols is 1. The summed E-state index contributed by atoms with van der Waals surface area (Å²) in [6.07, 6.45) is 1.65. The highest BCUT2D eigenvalue weighted by atomic mass is 16.3. The van der Waals surface area contributed by atoms with Crippen molar-refractivity contribution >= 4 is 12.1 Å². The molecule has 1 amide bonds. The maximum Gasteiger partial charge on any atom is 0.271 e. The van der Waals surface area contributed by atoms with E-state index in [0.717, 1.165) is 45.3 Å². The van der Waals surface area contributed by atoms with Gasteiger partial charge in [-0.15, -0.1) is 0 Å². The van der Waals surface area contributed by atoms with Gasteiger partial charge in [-0.2, -0.15) is 5.10 Å². The summed E-state index contributed by atoms with van der Waals surface area (Å²) in [7, 11) is 0. The smallest absolute Gasteiger partial charge is 0.271 e. The molecule has 3 aromatic carbocycles. The average molecular weight is 489 g/mol. The molecule has 6 nitrogen and oxygen atoms in total. The molecule has 0 saturated carbocycles. The summed E-state index contributed by atoms with van der Waals surface area (Å²) in [4.78, 5) is 12.7. The fraction of sp³-hybridized carbons (Fsp3) is 0.0968. The second-order valence-electron chi connectivity index (χ2n) is 8.99. The highest BCUT2D eigenvalue weighted by Crippen LogP contribution is 2.26.